The minimum atomic E-state index is -0.511. The highest BCUT2D eigenvalue weighted by atomic mass is 35.5. The lowest BCUT2D eigenvalue weighted by Gasteiger charge is -2.21. The third-order valence-electron chi connectivity index (χ3n) is 4.68. The van der Waals surface area contributed by atoms with Gasteiger partial charge in [-0.2, -0.15) is 0 Å². The Morgan fingerprint density at radius 1 is 1.17 bits per heavy atom. The number of rotatable bonds is 7. The first-order chi connectivity index (χ1) is 14.0. The third kappa shape index (κ3) is 4.40. The van der Waals surface area contributed by atoms with Crippen molar-refractivity contribution in [3.8, 4) is 17.2 Å². The molecule has 1 atom stereocenters. The summed E-state index contributed by atoms with van der Waals surface area (Å²) in [7, 11) is 3.00. The van der Waals surface area contributed by atoms with Crippen molar-refractivity contribution < 1.29 is 23.8 Å². The Bertz CT molecular complexity index is 918. The van der Waals surface area contributed by atoms with Crippen molar-refractivity contribution in [1.29, 1.82) is 0 Å². The smallest absolute Gasteiger partial charge is 0.229 e. The van der Waals surface area contributed by atoms with E-state index in [1.54, 1.807) is 24.3 Å². The van der Waals surface area contributed by atoms with Gasteiger partial charge >= 0.3 is 0 Å². The van der Waals surface area contributed by atoms with Gasteiger partial charge in [0.1, 0.15) is 17.2 Å². The standard InChI is InChI=1S/C21H23ClN2O5/c1-4-29-17-8-6-5-7-15(17)23-21(26)13-9-20(25)24(12-13)16-10-14(22)18(27-2)11-19(16)28-3/h5-8,10-11,13H,4,9,12H2,1-3H3,(H,23,26)/t13-/m0/s1. The number of ether oxygens (including phenoxy) is 3. The highest BCUT2D eigenvalue weighted by Crippen LogP contribution is 2.40. The molecule has 0 spiro atoms. The van der Waals surface area contributed by atoms with Gasteiger partial charge in [-0.1, -0.05) is 23.7 Å². The Kier molecular flexibility index (Phi) is 6.49. The highest BCUT2D eigenvalue weighted by molar-refractivity contribution is 6.32. The first kappa shape index (κ1) is 20.8. The maximum Gasteiger partial charge on any atom is 0.229 e. The van der Waals surface area contributed by atoms with Crippen LogP contribution in [-0.4, -0.2) is 39.2 Å². The number of nitrogens with zero attached hydrogens (tertiary/aromatic N) is 1. The predicted octanol–water partition coefficient (Wildman–Crippen LogP) is 3.75. The van der Waals surface area contributed by atoms with E-state index >= 15 is 0 Å². The van der Waals surface area contributed by atoms with E-state index in [4.69, 9.17) is 25.8 Å². The first-order valence-electron chi connectivity index (χ1n) is 9.23. The van der Waals surface area contributed by atoms with E-state index in [0.29, 0.717) is 40.3 Å². The van der Waals surface area contributed by atoms with Crippen LogP contribution in [0.15, 0.2) is 36.4 Å². The monoisotopic (exact) mass is 418 g/mol. The summed E-state index contributed by atoms with van der Waals surface area (Å²) < 4.78 is 16.1. The van der Waals surface area contributed by atoms with Crippen molar-refractivity contribution in [3.05, 3.63) is 41.4 Å². The summed E-state index contributed by atoms with van der Waals surface area (Å²) in [5, 5.41) is 3.22. The molecule has 0 aliphatic carbocycles. The fourth-order valence-corrected chi connectivity index (χ4v) is 3.49. The molecule has 1 saturated heterocycles. The number of benzene rings is 2. The van der Waals surface area contributed by atoms with Gasteiger partial charge in [-0.15, -0.1) is 0 Å². The number of amides is 2. The zero-order valence-electron chi connectivity index (χ0n) is 16.5. The van der Waals surface area contributed by atoms with Crippen LogP contribution in [-0.2, 0) is 9.59 Å². The predicted molar refractivity (Wildman–Crippen MR) is 111 cm³/mol. The van der Waals surface area contributed by atoms with Crippen LogP contribution in [0.4, 0.5) is 11.4 Å². The molecule has 0 bridgehead atoms. The number of methoxy groups -OCH3 is 2. The van der Waals surface area contributed by atoms with Crippen LogP contribution in [0.3, 0.4) is 0 Å². The van der Waals surface area contributed by atoms with E-state index in [2.05, 4.69) is 5.32 Å². The largest absolute Gasteiger partial charge is 0.495 e. The second-order valence-electron chi connectivity index (χ2n) is 6.48. The molecule has 8 heteroatoms. The second-order valence-corrected chi connectivity index (χ2v) is 6.89. The van der Waals surface area contributed by atoms with E-state index < -0.39 is 5.92 Å². The Labute approximate surface area is 174 Å². The number of nitrogens with one attached hydrogen (secondary N) is 1. The minimum Gasteiger partial charge on any atom is -0.495 e. The molecule has 0 unspecified atom stereocenters. The summed E-state index contributed by atoms with van der Waals surface area (Å²) in [5.41, 5.74) is 1.09. The molecule has 1 fully saturated rings. The van der Waals surface area contributed by atoms with Gasteiger partial charge in [0.25, 0.3) is 0 Å². The number of hydrogen-bond donors (Lipinski definition) is 1. The maximum atomic E-state index is 12.8. The molecule has 2 aromatic carbocycles. The van der Waals surface area contributed by atoms with Crippen molar-refractivity contribution >= 4 is 34.8 Å². The summed E-state index contributed by atoms with van der Waals surface area (Å²) in [6.07, 6.45) is 0.0927. The average molecular weight is 419 g/mol. The molecule has 0 aromatic heterocycles. The summed E-state index contributed by atoms with van der Waals surface area (Å²) in [4.78, 5) is 26.9. The van der Waals surface area contributed by atoms with Gasteiger partial charge in [0, 0.05) is 19.0 Å². The van der Waals surface area contributed by atoms with Crippen molar-refractivity contribution in [2.45, 2.75) is 13.3 Å². The van der Waals surface area contributed by atoms with E-state index in [9.17, 15) is 9.59 Å². The third-order valence-corrected chi connectivity index (χ3v) is 4.98. The van der Waals surface area contributed by atoms with Gasteiger partial charge in [-0.25, -0.2) is 0 Å². The summed E-state index contributed by atoms with van der Waals surface area (Å²) >= 11 is 6.23. The van der Waals surface area contributed by atoms with Crippen LogP contribution in [0.1, 0.15) is 13.3 Å². The van der Waals surface area contributed by atoms with Crippen LogP contribution in [0.5, 0.6) is 17.2 Å². The van der Waals surface area contributed by atoms with Gasteiger partial charge in [0.05, 0.1) is 43.1 Å². The molecule has 29 heavy (non-hydrogen) atoms. The average Bonchev–Trinajstić information content (AvgIpc) is 3.11. The van der Waals surface area contributed by atoms with Gasteiger partial charge in [0.15, 0.2) is 0 Å². The van der Waals surface area contributed by atoms with Crippen LogP contribution in [0, 0.1) is 5.92 Å². The minimum absolute atomic E-state index is 0.0927. The van der Waals surface area contributed by atoms with Gasteiger partial charge in [0.2, 0.25) is 11.8 Å². The zero-order valence-corrected chi connectivity index (χ0v) is 17.3. The normalized spacial score (nSPS) is 15.9. The second kappa shape index (κ2) is 9.05. The highest BCUT2D eigenvalue weighted by Gasteiger charge is 2.37. The topological polar surface area (TPSA) is 77.1 Å². The van der Waals surface area contributed by atoms with Crippen molar-refractivity contribution in [2.75, 3.05) is 37.6 Å². The number of carbonyl (C=O) groups excluding carboxylic acids is 2. The molecule has 1 aliphatic rings. The lowest BCUT2D eigenvalue weighted by Crippen LogP contribution is -2.28. The van der Waals surface area contributed by atoms with E-state index in [1.165, 1.54) is 19.1 Å². The number of para-hydroxylation sites is 2. The molecule has 3 rings (SSSR count). The zero-order chi connectivity index (χ0) is 21.0. The number of carbonyl (C=O) groups is 2. The molecule has 0 saturated carbocycles. The molecule has 7 nitrogen and oxygen atoms in total. The van der Waals surface area contributed by atoms with Crippen LogP contribution < -0.4 is 24.4 Å². The fourth-order valence-electron chi connectivity index (χ4n) is 3.26. The van der Waals surface area contributed by atoms with E-state index in [-0.39, 0.29) is 24.8 Å². The summed E-state index contributed by atoms with van der Waals surface area (Å²) in [6.45, 7) is 2.58. The molecule has 1 N–H and O–H groups in total. The molecule has 0 radical (unpaired) electrons. The first-order valence-corrected chi connectivity index (χ1v) is 9.60. The Hall–Kier alpha value is -2.93. The molecular formula is C21H23ClN2O5. The SMILES string of the molecule is CCOc1ccccc1NC(=O)[C@H]1CC(=O)N(c2cc(Cl)c(OC)cc2OC)C1. The lowest BCUT2D eigenvalue weighted by atomic mass is 10.1. The lowest BCUT2D eigenvalue weighted by molar-refractivity contribution is -0.122. The molecular weight excluding hydrogens is 396 g/mol. The maximum absolute atomic E-state index is 12.8. The van der Waals surface area contributed by atoms with Crippen molar-refractivity contribution in [3.63, 3.8) is 0 Å². The number of halogens is 1. The fraction of sp³-hybridized carbons (Fsp3) is 0.333. The Morgan fingerprint density at radius 2 is 1.90 bits per heavy atom. The Morgan fingerprint density at radius 3 is 2.59 bits per heavy atom. The molecule has 2 aromatic rings. The van der Waals surface area contributed by atoms with Gasteiger partial charge in [-0.05, 0) is 25.1 Å². The van der Waals surface area contributed by atoms with Crippen molar-refractivity contribution in [2.24, 2.45) is 5.92 Å². The molecule has 1 heterocycles. The van der Waals surface area contributed by atoms with Crippen LogP contribution >= 0.6 is 11.6 Å². The Balaban J connectivity index is 1.79. The van der Waals surface area contributed by atoms with Gasteiger partial charge in [-0.3, -0.25) is 9.59 Å². The molecule has 2 amide bonds. The van der Waals surface area contributed by atoms with E-state index in [0.717, 1.165) is 0 Å². The van der Waals surface area contributed by atoms with Crippen molar-refractivity contribution in [1.82, 2.24) is 0 Å². The van der Waals surface area contributed by atoms with Crippen LogP contribution in [0.25, 0.3) is 0 Å². The number of hydrogen-bond acceptors (Lipinski definition) is 5. The molecule has 154 valence electrons. The van der Waals surface area contributed by atoms with Gasteiger partial charge < -0.3 is 24.4 Å². The molecule has 1 aliphatic heterocycles. The quantitative estimate of drug-likeness (QED) is 0.741. The van der Waals surface area contributed by atoms with Crippen LogP contribution in [0.2, 0.25) is 5.02 Å². The summed E-state index contributed by atoms with van der Waals surface area (Å²) in [6, 6.07) is 10.4. The van der Waals surface area contributed by atoms with E-state index in [1.807, 2.05) is 19.1 Å². The summed E-state index contributed by atoms with van der Waals surface area (Å²) in [5.74, 6) is 0.549. The number of anilines is 2.